The summed E-state index contributed by atoms with van der Waals surface area (Å²) in [6.07, 6.45) is 6.29. The number of carbonyl (C=O) groups is 1. The van der Waals surface area contributed by atoms with Crippen LogP contribution in [0.1, 0.15) is 41.9 Å². The number of nitrogens with zero attached hydrogens (tertiary/aromatic N) is 5. The SMILES string of the molecule is COc1cc(C(=O)N2CCN(C)CC2)ccc1Nc1nc(OC2CCCC2)c2c(-c3ccc4nc(C)oc4c3)c[nH]c2n1. The van der Waals surface area contributed by atoms with Crippen molar-refractivity contribution in [3.05, 3.63) is 54.0 Å². The zero-order chi connectivity index (χ0) is 29.5. The van der Waals surface area contributed by atoms with Gasteiger partial charge in [-0.1, -0.05) is 6.07 Å². The number of aromatic nitrogens is 4. The predicted molar refractivity (Wildman–Crippen MR) is 164 cm³/mol. The lowest BCUT2D eigenvalue weighted by Crippen LogP contribution is -2.47. The number of nitrogens with one attached hydrogen (secondary N) is 2. The number of methoxy groups -OCH3 is 1. The predicted octanol–water partition coefficient (Wildman–Crippen LogP) is 5.54. The van der Waals surface area contributed by atoms with Crippen molar-refractivity contribution in [1.82, 2.24) is 29.7 Å². The van der Waals surface area contributed by atoms with E-state index in [0.29, 0.717) is 53.5 Å². The molecule has 5 aromatic rings. The highest BCUT2D eigenvalue weighted by Crippen LogP contribution is 2.38. The molecule has 222 valence electrons. The lowest BCUT2D eigenvalue weighted by Gasteiger charge is -2.32. The van der Waals surface area contributed by atoms with Crippen molar-refractivity contribution < 1.29 is 18.7 Å². The lowest BCUT2D eigenvalue weighted by atomic mass is 10.1. The molecular weight excluding hydrogens is 546 g/mol. The van der Waals surface area contributed by atoms with Gasteiger partial charge in [0.15, 0.2) is 11.5 Å². The standard InChI is InChI=1S/C32H35N7O4/c1-19-34-25-10-8-20(16-27(25)42-19)23-18-33-29-28(23)30(43-22-6-4-5-7-22)37-32(36-29)35-24-11-9-21(17-26(24)41-3)31(40)39-14-12-38(2)13-15-39/h8-11,16-18,22H,4-7,12-15H2,1-3H3,(H2,33,35,36,37). The van der Waals surface area contributed by atoms with E-state index in [1.807, 2.05) is 48.4 Å². The van der Waals surface area contributed by atoms with E-state index in [1.54, 1.807) is 13.2 Å². The fourth-order valence-electron chi connectivity index (χ4n) is 5.98. The maximum atomic E-state index is 13.2. The molecule has 1 saturated heterocycles. The van der Waals surface area contributed by atoms with E-state index in [9.17, 15) is 4.79 Å². The number of carbonyl (C=O) groups excluding carboxylic acids is 1. The zero-order valence-corrected chi connectivity index (χ0v) is 24.6. The molecule has 0 radical (unpaired) electrons. The minimum absolute atomic E-state index is 0.000428. The molecule has 1 amide bonds. The van der Waals surface area contributed by atoms with Gasteiger partial charge in [-0.15, -0.1) is 0 Å². The van der Waals surface area contributed by atoms with Crippen LogP contribution in [0, 0.1) is 6.92 Å². The number of aromatic amines is 1. The summed E-state index contributed by atoms with van der Waals surface area (Å²) < 4.78 is 18.0. The Morgan fingerprint density at radius 3 is 2.65 bits per heavy atom. The molecule has 1 aliphatic heterocycles. The van der Waals surface area contributed by atoms with Gasteiger partial charge in [-0.2, -0.15) is 9.97 Å². The van der Waals surface area contributed by atoms with Crippen molar-refractivity contribution in [2.24, 2.45) is 0 Å². The highest BCUT2D eigenvalue weighted by Gasteiger charge is 2.24. The Bertz CT molecular complexity index is 1800. The number of likely N-dealkylation sites (N-methyl/N-ethyl adjacent to an activating group) is 1. The van der Waals surface area contributed by atoms with Crippen molar-refractivity contribution in [1.29, 1.82) is 0 Å². The van der Waals surface area contributed by atoms with Crippen LogP contribution in [0.4, 0.5) is 11.6 Å². The summed E-state index contributed by atoms with van der Waals surface area (Å²) in [6.45, 7) is 4.98. The van der Waals surface area contributed by atoms with Crippen molar-refractivity contribution >= 4 is 39.7 Å². The van der Waals surface area contributed by atoms with Crippen LogP contribution >= 0.6 is 0 Å². The number of anilines is 2. The molecule has 3 aromatic heterocycles. The first-order chi connectivity index (χ1) is 20.9. The summed E-state index contributed by atoms with van der Waals surface area (Å²) in [5, 5.41) is 4.12. The normalized spacial score (nSPS) is 16.3. The van der Waals surface area contributed by atoms with Crippen molar-refractivity contribution in [2.45, 2.75) is 38.7 Å². The maximum absolute atomic E-state index is 13.2. The van der Waals surface area contributed by atoms with Crippen LogP contribution in [0.5, 0.6) is 11.6 Å². The van der Waals surface area contributed by atoms with Gasteiger partial charge in [0.25, 0.3) is 5.91 Å². The Balaban J connectivity index is 1.22. The number of piperazine rings is 1. The average molecular weight is 582 g/mol. The summed E-state index contributed by atoms with van der Waals surface area (Å²) in [6, 6.07) is 11.4. The molecule has 11 heteroatoms. The summed E-state index contributed by atoms with van der Waals surface area (Å²) in [5.41, 5.74) is 5.31. The first-order valence-corrected chi connectivity index (χ1v) is 14.8. The Morgan fingerprint density at radius 2 is 1.86 bits per heavy atom. The molecule has 0 spiro atoms. The summed E-state index contributed by atoms with van der Waals surface area (Å²) in [7, 11) is 3.66. The van der Waals surface area contributed by atoms with Crippen LogP contribution in [-0.2, 0) is 0 Å². The lowest BCUT2D eigenvalue weighted by molar-refractivity contribution is 0.0664. The number of amides is 1. The molecule has 43 heavy (non-hydrogen) atoms. The number of oxazole rings is 1. The van der Waals surface area contributed by atoms with Crippen LogP contribution in [0.25, 0.3) is 33.3 Å². The van der Waals surface area contributed by atoms with E-state index in [-0.39, 0.29) is 12.0 Å². The highest BCUT2D eigenvalue weighted by molar-refractivity contribution is 5.99. The average Bonchev–Trinajstić information content (AvgIpc) is 3.76. The van der Waals surface area contributed by atoms with Gasteiger partial charge >= 0.3 is 0 Å². The molecule has 2 fully saturated rings. The van der Waals surface area contributed by atoms with Gasteiger partial charge in [-0.05, 0) is 68.6 Å². The van der Waals surface area contributed by atoms with Gasteiger partial charge < -0.3 is 34.0 Å². The largest absolute Gasteiger partial charge is 0.495 e. The second kappa shape index (κ2) is 11.2. The Kier molecular flexibility index (Phi) is 7.10. The van der Waals surface area contributed by atoms with E-state index in [0.717, 1.165) is 66.4 Å². The van der Waals surface area contributed by atoms with Crippen molar-refractivity contribution in [3.8, 4) is 22.8 Å². The van der Waals surface area contributed by atoms with Crippen LogP contribution < -0.4 is 14.8 Å². The second-order valence-corrected chi connectivity index (χ2v) is 11.4. The third kappa shape index (κ3) is 5.36. The number of rotatable bonds is 7. The zero-order valence-electron chi connectivity index (χ0n) is 24.6. The summed E-state index contributed by atoms with van der Waals surface area (Å²) in [4.78, 5) is 34.7. The molecule has 0 unspecified atom stereocenters. The third-order valence-electron chi connectivity index (χ3n) is 8.37. The van der Waals surface area contributed by atoms with Crippen molar-refractivity contribution in [3.63, 3.8) is 0 Å². The third-order valence-corrected chi connectivity index (χ3v) is 8.37. The van der Waals surface area contributed by atoms with Gasteiger partial charge in [0.1, 0.15) is 23.0 Å². The molecule has 11 nitrogen and oxygen atoms in total. The van der Waals surface area contributed by atoms with Crippen LogP contribution in [0.3, 0.4) is 0 Å². The molecule has 2 N–H and O–H groups in total. The van der Waals surface area contributed by atoms with Crippen LogP contribution in [-0.4, -0.2) is 82.1 Å². The number of hydrogen-bond acceptors (Lipinski definition) is 9. The monoisotopic (exact) mass is 581 g/mol. The van der Waals surface area contributed by atoms with Gasteiger partial charge in [0, 0.05) is 50.4 Å². The molecule has 1 saturated carbocycles. The quantitative estimate of drug-likeness (QED) is 0.255. The smallest absolute Gasteiger partial charge is 0.254 e. The highest BCUT2D eigenvalue weighted by atomic mass is 16.5. The fraction of sp³-hybridized carbons (Fsp3) is 0.375. The summed E-state index contributed by atoms with van der Waals surface area (Å²) in [5.74, 6) is 2.05. The summed E-state index contributed by atoms with van der Waals surface area (Å²) >= 11 is 0. The van der Waals surface area contributed by atoms with Crippen LogP contribution in [0.15, 0.2) is 47.0 Å². The minimum atomic E-state index is 0.000428. The van der Waals surface area contributed by atoms with E-state index < -0.39 is 0 Å². The number of aryl methyl sites for hydroxylation is 1. The topological polar surface area (TPSA) is 122 Å². The minimum Gasteiger partial charge on any atom is -0.495 e. The maximum Gasteiger partial charge on any atom is 0.254 e. The van der Waals surface area contributed by atoms with Crippen LogP contribution in [0.2, 0.25) is 0 Å². The first-order valence-electron chi connectivity index (χ1n) is 14.8. The fourth-order valence-corrected chi connectivity index (χ4v) is 5.98. The van der Waals surface area contributed by atoms with Gasteiger partial charge in [0.2, 0.25) is 11.8 Å². The van der Waals surface area contributed by atoms with Crippen molar-refractivity contribution in [2.75, 3.05) is 45.7 Å². The molecule has 2 aromatic carbocycles. The second-order valence-electron chi connectivity index (χ2n) is 11.4. The number of hydrogen-bond donors (Lipinski definition) is 2. The first kappa shape index (κ1) is 27.2. The van der Waals surface area contributed by atoms with E-state index in [2.05, 4.69) is 27.2 Å². The van der Waals surface area contributed by atoms with E-state index >= 15 is 0 Å². The molecule has 7 rings (SSSR count). The van der Waals surface area contributed by atoms with E-state index in [1.165, 1.54) is 0 Å². The molecule has 0 bridgehead atoms. The Labute approximate surface area is 249 Å². The number of ether oxygens (including phenoxy) is 2. The molecule has 2 aliphatic rings. The Morgan fingerprint density at radius 1 is 1.05 bits per heavy atom. The van der Waals surface area contributed by atoms with Gasteiger partial charge in [-0.3, -0.25) is 4.79 Å². The molecular formula is C32H35N7O4. The van der Waals surface area contributed by atoms with E-state index in [4.69, 9.17) is 23.9 Å². The Hall–Kier alpha value is -4.64. The van der Waals surface area contributed by atoms with Gasteiger partial charge in [0.05, 0.1) is 18.2 Å². The number of fused-ring (bicyclic) bond motifs is 2. The molecule has 0 atom stereocenters. The number of H-pyrrole nitrogens is 1. The van der Waals surface area contributed by atoms with Gasteiger partial charge in [-0.25, -0.2) is 4.98 Å². The number of benzene rings is 2. The molecule has 1 aliphatic carbocycles. The molecule has 4 heterocycles.